The molecule has 7 nitrogen and oxygen atoms in total. The van der Waals surface area contributed by atoms with Crippen LogP contribution in [0.2, 0.25) is 0 Å². The average Bonchev–Trinajstić information content (AvgIpc) is 3.53. The molecule has 3 aromatic heterocycles. The van der Waals surface area contributed by atoms with Gasteiger partial charge in [0.1, 0.15) is 0 Å². The number of rotatable bonds is 7. The van der Waals surface area contributed by atoms with Crippen molar-refractivity contribution < 1.29 is 14.3 Å². The lowest BCUT2D eigenvalue weighted by Gasteiger charge is -2.29. The number of pyridine rings is 1. The maximum atomic E-state index is 13.3. The molecule has 0 saturated carbocycles. The minimum absolute atomic E-state index is 0.378. The van der Waals surface area contributed by atoms with E-state index in [4.69, 9.17) is 9.72 Å². The molecule has 0 saturated heterocycles. The fraction of sp³-hybridized carbons (Fsp3) is 0.280. The Morgan fingerprint density at radius 2 is 2.03 bits per heavy atom. The van der Waals surface area contributed by atoms with E-state index >= 15 is 0 Å². The largest absolute Gasteiger partial charge is 0.452 e. The van der Waals surface area contributed by atoms with Crippen molar-refractivity contribution in [2.24, 2.45) is 0 Å². The molecule has 0 spiro atoms. The highest BCUT2D eigenvalue weighted by molar-refractivity contribution is 7.16. The summed E-state index contributed by atoms with van der Waals surface area (Å²) in [6, 6.07) is 11.5. The Bertz CT molecular complexity index is 1330. The predicted octanol–water partition coefficient (Wildman–Crippen LogP) is 4.98. The van der Waals surface area contributed by atoms with Crippen LogP contribution in [0.5, 0.6) is 0 Å². The highest BCUT2D eigenvalue weighted by Crippen LogP contribution is 2.30. The van der Waals surface area contributed by atoms with Crippen LogP contribution in [0.15, 0.2) is 47.2 Å². The SMILES string of the molecule is CCCN1CCc2nc3ccccc3c(C(=O)OCC(=O)Nc3nc(-c4cccs4)cs3)c2C1. The van der Waals surface area contributed by atoms with Crippen LogP contribution in [-0.4, -0.2) is 46.4 Å². The first kappa shape index (κ1) is 22.6. The molecule has 1 aromatic carbocycles. The molecule has 9 heteroatoms. The Hall–Kier alpha value is -3.14. The van der Waals surface area contributed by atoms with E-state index in [1.165, 1.54) is 11.3 Å². The fourth-order valence-electron chi connectivity index (χ4n) is 4.21. The molecule has 0 bridgehead atoms. The Morgan fingerprint density at radius 3 is 2.85 bits per heavy atom. The van der Waals surface area contributed by atoms with Gasteiger partial charge in [0, 0.05) is 41.5 Å². The van der Waals surface area contributed by atoms with Gasteiger partial charge in [0.15, 0.2) is 11.7 Å². The van der Waals surface area contributed by atoms with E-state index < -0.39 is 11.9 Å². The monoisotopic (exact) mass is 492 g/mol. The molecular weight excluding hydrogens is 468 g/mol. The van der Waals surface area contributed by atoms with Gasteiger partial charge in [-0.3, -0.25) is 20.0 Å². The van der Waals surface area contributed by atoms with Crippen molar-refractivity contribution in [1.82, 2.24) is 14.9 Å². The van der Waals surface area contributed by atoms with E-state index in [1.807, 2.05) is 47.2 Å². The average molecular weight is 493 g/mol. The highest BCUT2D eigenvalue weighted by Gasteiger charge is 2.26. The minimum atomic E-state index is -0.498. The van der Waals surface area contributed by atoms with Crippen molar-refractivity contribution in [3.8, 4) is 10.6 Å². The number of thiophene rings is 1. The summed E-state index contributed by atoms with van der Waals surface area (Å²) in [5.41, 5.74) is 3.95. The first-order valence-electron chi connectivity index (χ1n) is 11.2. The third kappa shape index (κ3) is 4.72. The summed E-state index contributed by atoms with van der Waals surface area (Å²) in [5, 5.41) is 7.84. The zero-order chi connectivity index (χ0) is 23.5. The van der Waals surface area contributed by atoms with Gasteiger partial charge in [-0.1, -0.05) is 31.2 Å². The number of carbonyl (C=O) groups excluding carboxylic acids is 2. The number of hydrogen-bond donors (Lipinski definition) is 1. The van der Waals surface area contributed by atoms with Crippen LogP contribution in [0.1, 0.15) is 35.0 Å². The van der Waals surface area contributed by atoms with Crippen LogP contribution < -0.4 is 5.32 Å². The van der Waals surface area contributed by atoms with Crippen LogP contribution >= 0.6 is 22.7 Å². The third-order valence-corrected chi connectivity index (χ3v) is 7.38. The molecule has 1 amide bonds. The zero-order valence-corrected chi connectivity index (χ0v) is 20.4. The number of fused-ring (bicyclic) bond motifs is 2. The number of carbonyl (C=O) groups is 2. The van der Waals surface area contributed by atoms with Gasteiger partial charge in [0.25, 0.3) is 5.91 Å². The van der Waals surface area contributed by atoms with Crippen molar-refractivity contribution in [2.75, 3.05) is 25.0 Å². The lowest BCUT2D eigenvalue weighted by atomic mass is 9.95. The zero-order valence-electron chi connectivity index (χ0n) is 18.7. The standard InChI is InChI=1S/C25H24N4O3S2/c1-2-10-29-11-9-19-17(13-29)23(16-6-3-4-7-18(16)26-19)24(31)32-14-22(30)28-25-27-20(15-34-25)21-8-5-12-33-21/h3-8,12,15H,2,9-11,13-14H2,1H3,(H,27,28,30). The summed E-state index contributed by atoms with van der Waals surface area (Å²) in [6.07, 6.45) is 1.83. The minimum Gasteiger partial charge on any atom is -0.452 e. The van der Waals surface area contributed by atoms with Gasteiger partial charge in [-0.2, -0.15) is 0 Å². The number of nitrogens with zero attached hydrogens (tertiary/aromatic N) is 3. The second-order valence-electron chi connectivity index (χ2n) is 8.09. The van der Waals surface area contributed by atoms with Crippen molar-refractivity contribution in [1.29, 1.82) is 0 Å². The van der Waals surface area contributed by atoms with Crippen LogP contribution in [-0.2, 0) is 22.5 Å². The Morgan fingerprint density at radius 1 is 1.15 bits per heavy atom. The van der Waals surface area contributed by atoms with Crippen molar-refractivity contribution >= 4 is 50.6 Å². The summed E-state index contributed by atoms with van der Waals surface area (Å²) >= 11 is 2.93. The maximum absolute atomic E-state index is 13.3. The predicted molar refractivity (Wildman–Crippen MR) is 135 cm³/mol. The number of anilines is 1. The Labute approximate surface area is 205 Å². The molecule has 0 atom stereocenters. The molecule has 1 aliphatic heterocycles. The fourth-order valence-corrected chi connectivity index (χ4v) is 5.70. The number of hydrogen-bond acceptors (Lipinski definition) is 8. The second-order valence-corrected chi connectivity index (χ2v) is 9.90. The molecule has 4 heterocycles. The Kier molecular flexibility index (Phi) is 6.66. The lowest BCUT2D eigenvalue weighted by Crippen LogP contribution is -2.33. The number of esters is 1. The maximum Gasteiger partial charge on any atom is 0.339 e. The number of aromatic nitrogens is 2. The third-order valence-electron chi connectivity index (χ3n) is 5.73. The molecular formula is C25H24N4O3S2. The van der Waals surface area contributed by atoms with Crippen LogP contribution in [0, 0.1) is 0 Å². The summed E-state index contributed by atoms with van der Waals surface area (Å²) < 4.78 is 5.49. The summed E-state index contributed by atoms with van der Waals surface area (Å²) in [4.78, 5) is 38.4. The smallest absolute Gasteiger partial charge is 0.339 e. The molecule has 34 heavy (non-hydrogen) atoms. The summed E-state index contributed by atoms with van der Waals surface area (Å²) in [6.45, 7) is 4.31. The van der Waals surface area contributed by atoms with Gasteiger partial charge < -0.3 is 4.74 Å². The molecule has 0 radical (unpaired) electrons. The topological polar surface area (TPSA) is 84.4 Å². The van der Waals surface area contributed by atoms with E-state index in [0.29, 0.717) is 17.2 Å². The summed E-state index contributed by atoms with van der Waals surface area (Å²) in [5.74, 6) is -0.915. The van der Waals surface area contributed by atoms with Crippen LogP contribution in [0.25, 0.3) is 21.5 Å². The molecule has 0 unspecified atom stereocenters. The van der Waals surface area contributed by atoms with Crippen LogP contribution in [0.4, 0.5) is 5.13 Å². The van der Waals surface area contributed by atoms with Crippen LogP contribution in [0.3, 0.4) is 0 Å². The first-order valence-corrected chi connectivity index (χ1v) is 13.0. The van der Waals surface area contributed by atoms with E-state index in [0.717, 1.165) is 58.7 Å². The molecule has 0 aliphatic carbocycles. The number of thiazole rings is 1. The normalized spacial score (nSPS) is 13.6. The summed E-state index contributed by atoms with van der Waals surface area (Å²) in [7, 11) is 0. The second kappa shape index (κ2) is 10.0. The van der Waals surface area contributed by atoms with Gasteiger partial charge in [-0.05, 0) is 30.5 Å². The van der Waals surface area contributed by atoms with Crippen molar-refractivity contribution in [2.45, 2.75) is 26.3 Å². The number of nitrogens with one attached hydrogen (secondary N) is 1. The number of ether oxygens (including phenoxy) is 1. The molecule has 1 aliphatic rings. The van der Waals surface area contributed by atoms with Gasteiger partial charge in [-0.25, -0.2) is 9.78 Å². The van der Waals surface area contributed by atoms with Gasteiger partial charge >= 0.3 is 5.97 Å². The molecule has 1 N–H and O–H groups in total. The van der Waals surface area contributed by atoms with Crippen molar-refractivity contribution in [3.63, 3.8) is 0 Å². The van der Waals surface area contributed by atoms with Gasteiger partial charge in [-0.15, -0.1) is 22.7 Å². The quantitative estimate of drug-likeness (QED) is 0.366. The van der Waals surface area contributed by atoms with Gasteiger partial charge in [0.2, 0.25) is 0 Å². The highest BCUT2D eigenvalue weighted by atomic mass is 32.1. The van der Waals surface area contributed by atoms with E-state index in [9.17, 15) is 9.59 Å². The Balaban J connectivity index is 1.32. The van der Waals surface area contributed by atoms with E-state index in [2.05, 4.69) is 22.1 Å². The number of benzene rings is 1. The van der Waals surface area contributed by atoms with Gasteiger partial charge in [0.05, 0.1) is 21.7 Å². The molecule has 0 fully saturated rings. The molecule has 4 aromatic rings. The molecule has 5 rings (SSSR count). The first-order chi connectivity index (χ1) is 16.6. The number of amides is 1. The lowest BCUT2D eigenvalue weighted by molar-refractivity contribution is -0.119. The van der Waals surface area contributed by atoms with E-state index in [-0.39, 0.29) is 6.61 Å². The molecule has 174 valence electrons. The van der Waals surface area contributed by atoms with Crippen molar-refractivity contribution in [3.05, 3.63) is 64.0 Å². The number of para-hydroxylation sites is 1. The van der Waals surface area contributed by atoms with E-state index in [1.54, 1.807) is 11.3 Å².